The van der Waals surface area contributed by atoms with Gasteiger partial charge in [-0.05, 0) is 55.7 Å². The maximum absolute atomic E-state index is 14.6. The first-order valence-electron chi connectivity index (χ1n) is 25.5. The average Bonchev–Trinajstić information content (AvgIpc) is 3.79. The van der Waals surface area contributed by atoms with Gasteiger partial charge in [0, 0.05) is 42.8 Å². The van der Waals surface area contributed by atoms with E-state index in [1.54, 1.807) is 88.5 Å². The number of amides is 9. The molecule has 27 heteroatoms. The van der Waals surface area contributed by atoms with Crippen LogP contribution in [-0.2, 0) is 70.4 Å². The van der Waals surface area contributed by atoms with Crippen molar-refractivity contribution in [2.45, 2.75) is 153 Å². The van der Waals surface area contributed by atoms with Gasteiger partial charge in [-0.1, -0.05) is 76.2 Å². The molecule has 3 aromatic rings. The second-order valence-corrected chi connectivity index (χ2v) is 20.1. The molecule has 0 saturated carbocycles. The number of nitrogens with two attached hydrogens (primary N) is 1. The number of para-hydroxylation sites is 1. The third kappa shape index (κ3) is 21.8. The molecule has 18 N–H and O–H groups in total. The molecule has 0 aliphatic carbocycles. The largest absolute Gasteiger partial charge is 0.481 e. The minimum atomic E-state index is -2.04. The van der Waals surface area contributed by atoms with E-state index >= 15 is 0 Å². The number of carbonyl (C=O) groups excluding carboxylic acids is 9. The van der Waals surface area contributed by atoms with Crippen molar-refractivity contribution < 1.29 is 83.7 Å². The Labute approximate surface area is 454 Å². The van der Waals surface area contributed by atoms with Crippen LogP contribution in [0.25, 0.3) is 10.9 Å². The minimum Gasteiger partial charge on any atom is -0.481 e. The van der Waals surface area contributed by atoms with Gasteiger partial charge in [0.25, 0.3) is 5.91 Å². The zero-order chi connectivity index (χ0) is 59.3. The molecule has 79 heavy (non-hydrogen) atoms. The Hall–Kier alpha value is -8.46. The molecule has 0 bridgehead atoms. The molecule has 0 unspecified atom stereocenters. The molecule has 0 spiro atoms. The summed E-state index contributed by atoms with van der Waals surface area (Å²) in [5.41, 5.74) is 10.6. The molecule has 3 rings (SSSR count). The molecule has 1 heterocycles. The van der Waals surface area contributed by atoms with Crippen LogP contribution in [-0.4, -0.2) is 157 Å². The summed E-state index contributed by atoms with van der Waals surface area (Å²) < 4.78 is 0. The number of aliphatic carboxylic acids is 3. The average molecular weight is 1110 g/mol. The summed E-state index contributed by atoms with van der Waals surface area (Å²) in [5.74, 6) is -14.0. The molecule has 0 fully saturated rings. The zero-order valence-electron chi connectivity index (χ0n) is 44.8. The Balaban J connectivity index is 1.95. The summed E-state index contributed by atoms with van der Waals surface area (Å²) in [6.45, 7) is 9.30. The van der Waals surface area contributed by atoms with Gasteiger partial charge in [0.05, 0.1) is 18.9 Å². The Morgan fingerprint density at radius 3 is 1.53 bits per heavy atom. The van der Waals surface area contributed by atoms with Crippen LogP contribution in [0.2, 0.25) is 0 Å². The second kappa shape index (κ2) is 31.1. The van der Waals surface area contributed by atoms with Gasteiger partial charge in [-0.2, -0.15) is 0 Å². The van der Waals surface area contributed by atoms with Crippen molar-refractivity contribution in [1.29, 1.82) is 0 Å². The predicted octanol–water partition coefficient (Wildman–Crippen LogP) is -2.77. The molecule has 0 saturated heterocycles. The number of rotatable bonds is 33. The van der Waals surface area contributed by atoms with E-state index < -0.39 is 144 Å². The van der Waals surface area contributed by atoms with E-state index in [9.17, 15) is 78.0 Å². The van der Waals surface area contributed by atoms with E-state index in [1.807, 2.05) is 0 Å². The monoisotopic (exact) mass is 1110 g/mol. The fourth-order valence-electron chi connectivity index (χ4n) is 8.10. The van der Waals surface area contributed by atoms with Gasteiger partial charge in [-0.25, -0.2) is 4.79 Å². The van der Waals surface area contributed by atoms with Crippen molar-refractivity contribution in [3.63, 3.8) is 0 Å². The van der Waals surface area contributed by atoms with E-state index in [0.29, 0.717) is 22.0 Å². The highest BCUT2D eigenvalue weighted by atomic mass is 16.4. The van der Waals surface area contributed by atoms with Crippen LogP contribution >= 0.6 is 0 Å². The molecule has 1 aromatic heterocycles. The standard InChI is InChI=1S/C52H73N11O16/c1-25(2)18-34(58-45(71)32(53)16-17-40(54)65)46(72)56-27(5)44(70)57-36(21-30-24-55-33-15-11-10-14-31(30)33)48(74)59-35(20-29-12-8-7-9-13-29)47(73)60-38(23-42(68)69)50(76)63-43(28(6)64)51(77)61-37(22-41(66)67)49(75)62-39(52(78)79)19-26(3)4/h7-15,24-28,32,34-39,43,55,64H,16-23,53H2,1-6H3,(H2,54,65)(H,56,72)(H,57,70)(H,58,71)(H,59,74)(H,60,73)(H,61,77)(H,62,75)(H,63,76)(H,66,67)(H,68,69)(H,78,79)/p+1/t27-,28+,32-,34-,35-,36-,37-,38-,39-,43-/m0/s1. The highest BCUT2D eigenvalue weighted by molar-refractivity contribution is 6.00. The van der Waals surface area contributed by atoms with Crippen molar-refractivity contribution in [2.24, 2.45) is 17.6 Å². The van der Waals surface area contributed by atoms with Crippen LogP contribution < -0.4 is 54.0 Å². The van der Waals surface area contributed by atoms with Gasteiger partial charge < -0.3 is 79.4 Å². The number of aromatic nitrogens is 1. The van der Waals surface area contributed by atoms with Crippen LogP contribution in [0, 0.1) is 11.8 Å². The molecule has 27 nitrogen and oxygen atoms in total. The van der Waals surface area contributed by atoms with Gasteiger partial charge in [-0.15, -0.1) is 0 Å². The summed E-state index contributed by atoms with van der Waals surface area (Å²) in [5, 5.41) is 59.4. The van der Waals surface area contributed by atoms with Crippen molar-refractivity contribution in [3.05, 3.63) is 71.9 Å². The molecule has 0 radical (unpaired) electrons. The number of H-pyrrole nitrogens is 1. The molecule has 9 amide bonds. The molecular weight excluding hydrogens is 1030 g/mol. The Morgan fingerprint density at radius 1 is 0.532 bits per heavy atom. The van der Waals surface area contributed by atoms with E-state index in [-0.39, 0.29) is 50.4 Å². The molecular formula is C52H74N11O16+. The van der Waals surface area contributed by atoms with Gasteiger partial charge in [-0.3, -0.25) is 52.7 Å². The summed E-state index contributed by atoms with van der Waals surface area (Å²) in [6.07, 6.45) is -2.93. The second-order valence-electron chi connectivity index (χ2n) is 20.1. The van der Waals surface area contributed by atoms with E-state index in [4.69, 9.17) is 5.73 Å². The normalized spacial score (nSPS) is 15.0. The van der Waals surface area contributed by atoms with Gasteiger partial charge in [0.1, 0.15) is 48.3 Å². The number of quaternary nitrogens is 1. The number of hydrogen-bond donors (Lipinski definition) is 15. The number of carbonyl (C=O) groups is 12. The lowest BCUT2D eigenvalue weighted by atomic mass is 10.0. The van der Waals surface area contributed by atoms with Crippen LogP contribution in [0.5, 0.6) is 0 Å². The number of hydrogen-bond acceptors (Lipinski definition) is 13. The molecule has 2 aromatic carbocycles. The number of nitrogens with one attached hydrogen (secondary N) is 9. The number of benzene rings is 2. The van der Waals surface area contributed by atoms with Crippen molar-refractivity contribution >= 4 is 82.0 Å². The van der Waals surface area contributed by atoms with E-state index in [0.717, 1.165) is 6.92 Å². The first-order valence-corrected chi connectivity index (χ1v) is 25.5. The number of primary amides is 1. The highest BCUT2D eigenvalue weighted by Gasteiger charge is 2.37. The maximum Gasteiger partial charge on any atom is 0.326 e. The lowest BCUT2D eigenvalue weighted by Crippen LogP contribution is -2.69. The zero-order valence-corrected chi connectivity index (χ0v) is 44.8. The smallest absolute Gasteiger partial charge is 0.326 e. The number of carboxylic acids is 3. The van der Waals surface area contributed by atoms with Crippen molar-refractivity contribution in [2.75, 3.05) is 0 Å². The third-order valence-electron chi connectivity index (χ3n) is 12.3. The SMILES string of the molecule is CC(C)C[C@H](NC(=O)[C@H](CC(=O)O)NC(=O)[C@@H](NC(=O)[C@H](CC(=O)O)NC(=O)[C@H](Cc1ccccc1)NC(=O)[C@H](Cc1c[nH]c2ccccc12)NC(=O)[C@H](C)NC(=O)[C@H](CC(C)C)NC(=O)[C@@H]([NH3+])CCC(N)=O)[C@@H](C)O)C(=O)O. The summed E-state index contributed by atoms with van der Waals surface area (Å²) in [4.78, 5) is 161. The highest BCUT2D eigenvalue weighted by Crippen LogP contribution is 2.20. The summed E-state index contributed by atoms with van der Waals surface area (Å²) >= 11 is 0. The van der Waals surface area contributed by atoms with Gasteiger partial charge in [0.2, 0.25) is 47.3 Å². The van der Waals surface area contributed by atoms with E-state index in [1.165, 1.54) is 6.92 Å². The van der Waals surface area contributed by atoms with Gasteiger partial charge >= 0.3 is 17.9 Å². The number of aromatic amines is 1. The quantitative estimate of drug-likeness (QED) is 0.0294. The molecule has 0 aliphatic heterocycles. The van der Waals surface area contributed by atoms with Crippen LogP contribution in [0.4, 0.5) is 0 Å². The topological polar surface area (TPSA) is 451 Å². The number of aliphatic hydroxyl groups is 1. The van der Waals surface area contributed by atoms with Crippen LogP contribution in [0.3, 0.4) is 0 Å². The van der Waals surface area contributed by atoms with Crippen molar-refractivity contribution in [3.8, 4) is 0 Å². The third-order valence-corrected chi connectivity index (χ3v) is 12.3. The fraction of sp³-hybridized carbons (Fsp3) is 0.500. The van der Waals surface area contributed by atoms with Crippen LogP contribution in [0.1, 0.15) is 91.2 Å². The molecule has 432 valence electrons. The lowest BCUT2D eigenvalue weighted by molar-refractivity contribution is -0.405. The first kappa shape index (κ1) is 64.8. The fourth-order valence-corrected chi connectivity index (χ4v) is 8.10. The number of fused-ring (bicyclic) bond motifs is 1. The lowest BCUT2D eigenvalue weighted by Gasteiger charge is -2.28. The number of carboxylic acid groups (broad SMARTS) is 3. The van der Waals surface area contributed by atoms with Gasteiger partial charge in [0.15, 0.2) is 6.04 Å². The van der Waals surface area contributed by atoms with E-state index in [2.05, 4.69) is 53.3 Å². The maximum atomic E-state index is 14.6. The minimum absolute atomic E-state index is 0.0228. The predicted molar refractivity (Wildman–Crippen MR) is 281 cm³/mol. The summed E-state index contributed by atoms with van der Waals surface area (Å²) in [6, 6.07) is 1.15. The Bertz CT molecular complexity index is 2660. The number of aliphatic hydroxyl groups excluding tert-OH is 1. The summed E-state index contributed by atoms with van der Waals surface area (Å²) in [7, 11) is 0. The van der Waals surface area contributed by atoms with Crippen LogP contribution in [0.15, 0.2) is 60.8 Å². The Morgan fingerprint density at radius 2 is 0.987 bits per heavy atom. The van der Waals surface area contributed by atoms with Crippen molar-refractivity contribution in [1.82, 2.24) is 47.5 Å². The first-order chi connectivity index (χ1) is 37.1. The molecule has 0 aliphatic rings. The Kier molecular flexibility index (Phi) is 25.5. The molecule has 10 atom stereocenters.